The zero-order valence-electron chi connectivity index (χ0n) is 8.75. The number of hydrogen-bond acceptors (Lipinski definition) is 2. The van der Waals surface area contributed by atoms with Crippen molar-refractivity contribution in [2.45, 2.75) is 52.6 Å². The second kappa shape index (κ2) is 3.75. The van der Waals surface area contributed by atoms with Gasteiger partial charge in [-0.2, -0.15) is 0 Å². The highest BCUT2D eigenvalue weighted by atomic mass is 15.5. The van der Waals surface area contributed by atoms with E-state index in [1.54, 1.807) is 0 Å². The molecule has 0 aliphatic carbocycles. The third kappa shape index (κ3) is 1.80. The summed E-state index contributed by atoms with van der Waals surface area (Å²) in [5.41, 5.74) is 0. The highest BCUT2D eigenvalue weighted by Crippen LogP contribution is 2.29. The topological polar surface area (TPSA) is 29.3 Å². The van der Waals surface area contributed by atoms with Gasteiger partial charge in [-0.15, -0.1) is 0 Å². The first-order valence-electron chi connectivity index (χ1n) is 5.07. The first kappa shape index (κ1) is 10.0. The number of hydrogen-bond donors (Lipinski definition) is 1. The molecule has 2 N–H and O–H groups in total. The van der Waals surface area contributed by atoms with E-state index in [9.17, 15) is 0 Å². The molecule has 1 saturated heterocycles. The van der Waals surface area contributed by atoms with Crippen molar-refractivity contribution in [2.75, 3.05) is 0 Å². The smallest absolute Gasteiger partial charge is 0.0267 e. The summed E-state index contributed by atoms with van der Waals surface area (Å²) < 4.78 is 0. The average molecular weight is 170 g/mol. The van der Waals surface area contributed by atoms with Crippen LogP contribution >= 0.6 is 0 Å². The predicted molar refractivity (Wildman–Crippen MR) is 52.5 cm³/mol. The van der Waals surface area contributed by atoms with Gasteiger partial charge in [-0.1, -0.05) is 27.7 Å². The van der Waals surface area contributed by atoms with Gasteiger partial charge in [0, 0.05) is 12.1 Å². The number of hydrazine groups is 1. The summed E-state index contributed by atoms with van der Waals surface area (Å²) >= 11 is 0. The molecule has 1 aliphatic heterocycles. The standard InChI is InChI=1S/C10H22N2/c1-7(2)9-5-6-10(8(3)4)12(9)11/h7-10H,5-6,11H2,1-4H3/t9-,10-/m0/s1. The normalized spacial score (nSPS) is 32.2. The first-order chi connectivity index (χ1) is 5.54. The van der Waals surface area contributed by atoms with Crippen LogP contribution in [0.5, 0.6) is 0 Å². The fourth-order valence-corrected chi connectivity index (χ4v) is 2.24. The maximum atomic E-state index is 6.06. The minimum atomic E-state index is 0.609. The Morgan fingerprint density at radius 2 is 1.33 bits per heavy atom. The number of nitrogens with two attached hydrogens (primary N) is 1. The van der Waals surface area contributed by atoms with Crippen molar-refractivity contribution in [1.29, 1.82) is 0 Å². The monoisotopic (exact) mass is 170 g/mol. The molecule has 0 saturated carbocycles. The highest BCUT2D eigenvalue weighted by molar-refractivity contribution is 4.87. The molecule has 2 nitrogen and oxygen atoms in total. The van der Waals surface area contributed by atoms with E-state index in [0.717, 1.165) is 0 Å². The molecule has 1 heterocycles. The Bertz CT molecular complexity index is 127. The Hall–Kier alpha value is -0.0800. The molecule has 0 bridgehead atoms. The molecule has 1 fully saturated rings. The van der Waals surface area contributed by atoms with Crippen molar-refractivity contribution in [3.8, 4) is 0 Å². The SMILES string of the molecule is CC(C)[C@@H]1CC[C@@H](C(C)C)N1N. The Kier molecular flexibility index (Phi) is 3.13. The van der Waals surface area contributed by atoms with Gasteiger partial charge >= 0.3 is 0 Å². The van der Waals surface area contributed by atoms with Crippen molar-refractivity contribution in [3.63, 3.8) is 0 Å². The van der Waals surface area contributed by atoms with E-state index in [1.165, 1.54) is 12.8 Å². The second-order valence-corrected chi connectivity index (χ2v) is 4.65. The number of nitrogens with zero attached hydrogens (tertiary/aromatic N) is 1. The lowest BCUT2D eigenvalue weighted by Crippen LogP contribution is -2.46. The van der Waals surface area contributed by atoms with Crippen LogP contribution < -0.4 is 5.84 Å². The molecule has 1 rings (SSSR count). The van der Waals surface area contributed by atoms with E-state index in [1.807, 2.05) is 0 Å². The molecule has 2 atom stereocenters. The summed E-state index contributed by atoms with van der Waals surface area (Å²) in [5, 5.41) is 2.09. The van der Waals surface area contributed by atoms with Crippen molar-refractivity contribution in [2.24, 2.45) is 17.7 Å². The fourth-order valence-electron chi connectivity index (χ4n) is 2.24. The molecule has 0 aromatic rings. The minimum Gasteiger partial charge on any atom is -0.268 e. The summed E-state index contributed by atoms with van der Waals surface area (Å²) in [6.45, 7) is 9.03. The molecule has 2 heteroatoms. The van der Waals surface area contributed by atoms with Crippen molar-refractivity contribution in [1.82, 2.24) is 5.01 Å². The van der Waals surface area contributed by atoms with E-state index in [-0.39, 0.29) is 0 Å². The Morgan fingerprint density at radius 3 is 1.50 bits per heavy atom. The zero-order chi connectivity index (χ0) is 9.30. The lowest BCUT2D eigenvalue weighted by Gasteiger charge is -2.29. The molecule has 0 unspecified atom stereocenters. The molecule has 1 aliphatic rings. The maximum Gasteiger partial charge on any atom is 0.0267 e. The fraction of sp³-hybridized carbons (Fsp3) is 1.00. The predicted octanol–water partition coefficient (Wildman–Crippen LogP) is 2.01. The molecule has 0 amide bonds. The van der Waals surface area contributed by atoms with Crippen molar-refractivity contribution in [3.05, 3.63) is 0 Å². The summed E-state index contributed by atoms with van der Waals surface area (Å²) in [6.07, 6.45) is 2.55. The molecule has 0 radical (unpaired) electrons. The van der Waals surface area contributed by atoms with Crippen LogP contribution in [0.2, 0.25) is 0 Å². The lowest BCUT2D eigenvalue weighted by atomic mass is 10.0. The minimum absolute atomic E-state index is 0.609. The third-order valence-electron chi connectivity index (χ3n) is 3.06. The Morgan fingerprint density at radius 1 is 1.00 bits per heavy atom. The van der Waals surface area contributed by atoms with E-state index in [4.69, 9.17) is 5.84 Å². The van der Waals surface area contributed by atoms with Gasteiger partial charge in [0.05, 0.1) is 0 Å². The van der Waals surface area contributed by atoms with Gasteiger partial charge in [0.15, 0.2) is 0 Å². The highest BCUT2D eigenvalue weighted by Gasteiger charge is 2.34. The van der Waals surface area contributed by atoms with E-state index in [2.05, 4.69) is 32.7 Å². The summed E-state index contributed by atoms with van der Waals surface area (Å²) in [5.74, 6) is 7.44. The van der Waals surface area contributed by atoms with Crippen LogP contribution in [0.15, 0.2) is 0 Å². The van der Waals surface area contributed by atoms with Crippen LogP contribution in [0.3, 0.4) is 0 Å². The number of rotatable bonds is 2. The molecule has 0 aromatic carbocycles. The van der Waals surface area contributed by atoms with Crippen molar-refractivity contribution < 1.29 is 0 Å². The molecular weight excluding hydrogens is 148 g/mol. The van der Waals surface area contributed by atoms with Crippen LogP contribution in [-0.4, -0.2) is 17.1 Å². The first-order valence-corrected chi connectivity index (χ1v) is 5.07. The molecule has 72 valence electrons. The van der Waals surface area contributed by atoms with E-state index in [0.29, 0.717) is 23.9 Å². The van der Waals surface area contributed by atoms with Gasteiger partial charge in [-0.3, -0.25) is 5.84 Å². The van der Waals surface area contributed by atoms with E-state index < -0.39 is 0 Å². The quantitative estimate of drug-likeness (QED) is 0.642. The third-order valence-corrected chi connectivity index (χ3v) is 3.06. The summed E-state index contributed by atoms with van der Waals surface area (Å²) in [7, 11) is 0. The zero-order valence-corrected chi connectivity index (χ0v) is 8.75. The summed E-state index contributed by atoms with van der Waals surface area (Å²) in [4.78, 5) is 0. The van der Waals surface area contributed by atoms with E-state index >= 15 is 0 Å². The van der Waals surface area contributed by atoms with Crippen LogP contribution in [0.25, 0.3) is 0 Å². The molecule has 0 spiro atoms. The lowest BCUT2D eigenvalue weighted by molar-refractivity contribution is 0.133. The van der Waals surface area contributed by atoms with Crippen LogP contribution in [-0.2, 0) is 0 Å². The maximum absolute atomic E-state index is 6.06. The van der Waals surface area contributed by atoms with Gasteiger partial charge in [0.25, 0.3) is 0 Å². The summed E-state index contributed by atoms with van der Waals surface area (Å²) in [6, 6.07) is 1.22. The van der Waals surface area contributed by atoms with Gasteiger partial charge in [0.1, 0.15) is 0 Å². The average Bonchev–Trinajstić information content (AvgIpc) is 2.30. The van der Waals surface area contributed by atoms with Crippen LogP contribution in [0, 0.1) is 11.8 Å². The molecule has 0 aromatic heterocycles. The van der Waals surface area contributed by atoms with Gasteiger partial charge in [-0.25, -0.2) is 5.01 Å². The largest absolute Gasteiger partial charge is 0.268 e. The second-order valence-electron chi connectivity index (χ2n) is 4.65. The van der Waals surface area contributed by atoms with Gasteiger partial charge in [-0.05, 0) is 24.7 Å². The molecular formula is C10H22N2. The Labute approximate surface area is 76.1 Å². The van der Waals surface area contributed by atoms with Gasteiger partial charge in [0.2, 0.25) is 0 Å². The van der Waals surface area contributed by atoms with Crippen LogP contribution in [0.4, 0.5) is 0 Å². The Balaban J connectivity index is 2.55. The van der Waals surface area contributed by atoms with Gasteiger partial charge < -0.3 is 0 Å². The van der Waals surface area contributed by atoms with Crippen LogP contribution in [0.1, 0.15) is 40.5 Å². The molecule has 12 heavy (non-hydrogen) atoms. The van der Waals surface area contributed by atoms with Crippen molar-refractivity contribution >= 4 is 0 Å².